The van der Waals surface area contributed by atoms with Crippen molar-refractivity contribution in [2.24, 2.45) is 0 Å². The van der Waals surface area contributed by atoms with Gasteiger partial charge < -0.3 is 29.5 Å². The van der Waals surface area contributed by atoms with Crippen LogP contribution in [0, 0.1) is 0 Å². The Hall–Kier alpha value is -3.00. The third-order valence-corrected chi connectivity index (χ3v) is 6.92. The van der Waals surface area contributed by atoms with Crippen molar-refractivity contribution in [1.29, 1.82) is 0 Å². The zero-order valence-electron chi connectivity index (χ0n) is 23.8. The number of fused-ring (bicyclic) bond motifs is 2. The van der Waals surface area contributed by atoms with E-state index < -0.39 is 23.6 Å². The van der Waals surface area contributed by atoms with Crippen molar-refractivity contribution >= 4 is 17.5 Å². The van der Waals surface area contributed by atoms with Crippen LogP contribution in [-0.2, 0) is 25.7 Å². The van der Waals surface area contributed by atoms with E-state index in [2.05, 4.69) is 10.7 Å². The molecule has 1 fully saturated rings. The number of allylic oxidation sites excluding steroid dienone is 3. The number of aliphatic hydroxyl groups is 1. The first-order valence-electron chi connectivity index (χ1n) is 13.7. The number of nitrogens with zero attached hydrogens (tertiary/aromatic N) is 2. The molecule has 13 heteroatoms. The number of carbonyl (C=O) groups is 1. The summed E-state index contributed by atoms with van der Waals surface area (Å²) in [6, 6.07) is 5.13. The number of aliphatic hydroxyl groups excluding tert-OH is 1. The molecule has 1 saturated heterocycles. The molecule has 0 saturated carbocycles. The second-order valence-corrected chi connectivity index (χ2v) is 11.3. The third kappa shape index (κ3) is 7.85. The average Bonchev–Trinajstić information content (AvgIpc) is 2.98. The number of halogens is 3. The first kappa shape index (κ1) is 30.9. The molecule has 10 nitrogen and oxygen atoms in total. The highest BCUT2D eigenvalue weighted by Crippen LogP contribution is 2.38. The summed E-state index contributed by atoms with van der Waals surface area (Å²) in [5.74, 6) is 0. The zero-order valence-corrected chi connectivity index (χ0v) is 23.8. The Kier molecular flexibility index (Phi) is 9.73. The first-order valence-corrected chi connectivity index (χ1v) is 13.7. The van der Waals surface area contributed by atoms with Crippen molar-refractivity contribution in [3.8, 4) is 0 Å². The predicted octanol–water partition coefficient (Wildman–Crippen LogP) is 4.68. The van der Waals surface area contributed by atoms with Crippen molar-refractivity contribution in [3.63, 3.8) is 0 Å². The Bertz CT molecular complexity index is 1150. The van der Waals surface area contributed by atoms with Crippen LogP contribution in [0.1, 0.15) is 57.6 Å². The van der Waals surface area contributed by atoms with Crippen LogP contribution in [0.2, 0.25) is 0 Å². The van der Waals surface area contributed by atoms with Gasteiger partial charge in [-0.2, -0.15) is 18.3 Å². The maximum atomic E-state index is 13.7. The van der Waals surface area contributed by atoms with E-state index in [0.717, 1.165) is 28.9 Å². The molecule has 0 bridgehead atoms. The van der Waals surface area contributed by atoms with Crippen LogP contribution in [0.4, 0.5) is 23.7 Å². The number of carbonyl (C=O) groups excluding carboxylic acids is 1. The molecule has 3 aliphatic rings. The molecule has 41 heavy (non-hydrogen) atoms. The second kappa shape index (κ2) is 12.9. The number of benzene rings is 1. The van der Waals surface area contributed by atoms with Crippen molar-refractivity contribution in [2.75, 3.05) is 39.0 Å². The molecule has 2 atom stereocenters. The minimum atomic E-state index is -4.60. The number of nitrogens with one attached hydrogen (secondary N) is 2. The molecule has 3 aliphatic heterocycles. The summed E-state index contributed by atoms with van der Waals surface area (Å²) in [6.45, 7) is 5.95. The van der Waals surface area contributed by atoms with Crippen molar-refractivity contribution in [1.82, 2.24) is 15.5 Å². The molecule has 0 spiro atoms. The Morgan fingerprint density at radius 1 is 1.24 bits per heavy atom. The molecular formula is C28H39F3N4O6. The van der Waals surface area contributed by atoms with Crippen molar-refractivity contribution < 1.29 is 42.1 Å². The number of hydrogen-bond donors (Lipinski definition) is 3. The van der Waals surface area contributed by atoms with Gasteiger partial charge in [0.25, 0.3) is 0 Å². The number of piperidine rings is 1. The number of ether oxygens (including phenoxy) is 3. The van der Waals surface area contributed by atoms with Crippen LogP contribution in [0.3, 0.4) is 0 Å². The molecule has 3 heterocycles. The lowest BCUT2D eigenvalue weighted by atomic mass is 9.96. The van der Waals surface area contributed by atoms with E-state index in [4.69, 9.17) is 19.0 Å². The Morgan fingerprint density at radius 3 is 2.71 bits per heavy atom. The van der Waals surface area contributed by atoms with Crippen LogP contribution in [0.5, 0.6) is 0 Å². The largest absolute Gasteiger partial charge is 0.444 e. The Morgan fingerprint density at radius 2 is 2.02 bits per heavy atom. The van der Waals surface area contributed by atoms with Crippen molar-refractivity contribution in [3.05, 3.63) is 46.7 Å². The van der Waals surface area contributed by atoms with Gasteiger partial charge in [-0.05, 0) is 75.8 Å². The number of amides is 1. The standard InChI is InChI=1S/C28H39F3N4O6/c1-27(2,3)41-26(37)34-14-21(7-9-22(34)15-36)32-20-8-10-23-19(12-20)16-39-11-5-6-18-13-24(28(29,30)31)33-35(25(18)23)40-17-38-4/h8,10,12-13,21-22,32-33,36H,5-7,9,11,14-17H2,1-4H3/t21-,22+/m1/s1. The van der Waals surface area contributed by atoms with Gasteiger partial charge in [0.15, 0.2) is 6.79 Å². The molecule has 0 radical (unpaired) electrons. The van der Waals surface area contributed by atoms with Gasteiger partial charge >= 0.3 is 12.3 Å². The number of hydroxylamine groups is 1. The van der Waals surface area contributed by atoms with Gasteiger partial charge in [-0.25, -0.2) is 9.63 Å². The number of alkyl halides is 3. The molecule has 0 aliphatic carbocycles. The van der Waals surface area contributed by atoms with Gasteiger partial charge in [-0.3, -0.25) is 5.43 Å². The Balaban J connectivity index is 1.62. The fourth-order valence-corrected chi connectivity index (χ4v) is 5.09. The number of hydrazine groups is 1. The summed E-state index contributed by atoms with van der Waals surface area (Å²) in [4.78, 5) is 19.9. The number of rotatable bonds is 6. The highest BCUT2D eigenvalue weighted by Gasteiger charge is 2.39. The van der Waals surface area contributed by atoms with Crippen LogP contribution >= 0.6 is 0 Å². The lowest BCUT2D eigenvalue weighted by Gasteiger charge is -2.40. The first-order chi connectivity index (χ1) is 19.4. The average molecular weight is 585 g/mol. The summed E-state index contributed by atoms with van der Waals surface area (Å²) < 4.78 is 57.5. The molecule has 0 unspecified atom stereocenters. The molecular weight excluding hydrogens is 545 g/mol. The second-order valence-electron chi connectivity index (χ2n) is 11.3. The molecule has 3 N–H and O–H groups in total. The molecule has 1 aromatic rings. The number of likely N-dealkylation sites (tertiary alicyclic amines) is 1. The molecule has 1 amide bonds. The predicted molar refractivity (Wildman–Crippen MR) is 145 cm³/mol. The van der Waals surface area contributed by atoms with E-state index in [9.17, 15) is 23.1 Å². The zero-order chi connectivity index (χ0) is 29.8. The van der Waals surface area contributed by atoms with E-state index in [1.54, 1.807) is 25.7 Å². The quantitative estimate of drug-likeness (QED) is 0.411. The monoisotopic (exact) mass is 584 g/mol. The SMILES string of the molecule is COCON1NC(C(F)(F)F)=CC2=C1c1ccc(N[C@@H]3CC[C@@H](CO)N(C(=O)OC(C)(C)C)C3)cc1COCCC2. The molecule has 0 aromatic heterocycles. The molecule has 228 valence electrons. The lowest BCUT2D eigenvalue weighted by molar-refractivity contribution is -0.214. The van der Waals surface area contributed by atoms with Crippen LogP contribution in [0.15, 0.2) is 35.5 Å². The van der Waals surface area contributed by atoms with E-state index in [-0.39, 0.29) is 32.1 Å². The number of hydrogen-bond acceptors (Lipinski definition) is 9. The van der Waals surface area contributed by atoms with Gasteiger partial charge in [0.05, 0.1) is 25.0 Å². The summed E-state index contributed by atoms with van der Waals surface area (Å²) in [7, 11) is 1.39. The minimum Gasteiger partial charge on any atom is -0.444 e. The van der Waals surface area contributed by atoms with E-state index in [1.165, 1.54) is 7.11 Å². The lowest BCUT2D eigenvalue weighted by Crippen LogP contribution is -2.53. The maximum Gasteiger partial charge on any atom is 0.432 e. The summed E-state index contributed by atoms with van der Waals surface area (Å²) in [6.07, 6.45) is -1.74. The van der Waals surface area contributed by atoms with E-state index >= 15 is 0 Å². The van der Waals surface area contributed by atoms with E-state index in [0.29, 0.717) is 49.2 Å². The minimum absolute atomic E-state index is 0.106. The van der Waals surface area contributed by atoms with Crippen LogP contribution in [-0.4, -0.2) is 78.8 Å². The van der Waals surface area contributed by atoms with Gasteiger partial charge in [0.2, 0.25) is 0 Å². The number of methoxy groups -OCH3 is 1. The third-order valence-electron chi connectivity index (χ3n) is 6.92. The van der Waals surface area contributed by atoms with Gasteiger partial charge in [-0.1, -0.05) is 6.07 Å². The summed E-state index contributed by atoms with van der Waals surface area (Å²) >= 11 is 0. The number of anilines is 1. The van der Waals surface area contributed by atoms with Gasteiger partial charge in [-0.15, -0.1) is 0 Å². The Labute approximate surface area is 238 Å². The van der Waals surface area contributed by atoms with Gasteiger partial charge in [0, 0.05) is 37.6 Å². The van der Waals surface area contributed by atoms with Crippen LogP contribution < -0.4 is 10.7 Å². The maximum absolute atomic E-state index is 13.7. The molecule has 1 aromatic carbocycles. The highest BCUT2D eigenvalue weighted by atomic mass is 19.4. The topological polar surface area (TPSA) is 105 Å². The fraction of sp³-hybridized carbons (Fsp3) is 0.607. The summed E-state index contributed by atoms with van der Waals surface area (Å²) in [5, 5.41) is 14.3. The normalized spacial score (nSPS) is 22.0. The van der Waals surface area contributed by atoms with Crippen molar-refractivity contribution in [2.45, 2.75) is 76.9 Å². The smallest absolute Gasteiger partial charge is 0.432 e. The van der Waals surface area contributed by atoms with E-state index in [1.807, 2.05) is 18.2 Å². The van der Waals surface area contributed by atoms with Crippen LogP contribution in [0.25, 0.3) is 5.70 Å². The van der Waals surface area contributed by atoms with Gasteiger partial charge in [0.1, 0.15) is 11.3 Å². The highest BCUT2D eigenvalue weighted by molar-refractivity contribution is 5.74. The fourth-order valence-electron chi connectivity index (χ4n) is 5.09. The molecule has 4 rings (SSSR count). The summed E-state index contributed by atoms with van der Waals surface area (Å²) in [5.41, 5.74) is 3.86.